The van der Waals surface area contributed by atoms with E-state index in [1.807, 2.05) is 24.3 Å². The van der Waals surface area contributed by atoms with Crippen molar-refractivity contribution in [1.82, 2.24) is 10.2 Å². The zero-order valence-electron chi connectivity index (χ0n) is 14.3. The molecule has 4 heteroatoms. The predicted molar refractivity (Wildman–Crippen MR) is 96.6 cm³/mol. The van der Waals surface area contributed by atoms with Gasteiger partial charge in [-0.2, -0.15) is 0 Å². The van der Waals surface area contributed by atoms with E-state index in [9.17, 15) is 4.79 Å². The first-order valence-electron chi connectivity index (χ1n) is 8.32. The third kappa shape index (κ3) is 6.00. The fourth-order valence-corrected chi connectivity index (χ4v) is 3.01. The molecule has 0 bridgehead atoms. The first-order chi connectivity index (χ1) is 10.8. The molecule has 1 aliphatic heterocycles. The first kappa shape index (κ1) is 18.0. The molecule has 1 saturated heterocycles. The van der Waals surface area contributed by atoms with Gasteiger partial charge in [0.2, 0.25) is 5.91 Å². The first-order valence-corrected chi connectivity index (χ1v) is 8.69. The fourth-order valence-electron chi connectivity index (χ4n) is 2.81. The Morgan fingerprint density at radius 3 is 2.65 bits per heavy atom. The van der Waals surface area contributed by atoms with Gasteiger partial charge in [-0.25, -0.2) is 0 Å². The SMILES string of the molecule is CC(C)(C)/C=C/C(=O)NCC(c1cccc(Cl)c1)N1CCCC1. The summed E-state index contributed by atoms with van der Waals surface area (Å²) in [6.45, 7) is 8.99. The van der Waals surface area contributed by atoms with E-state index < -0.39 is 0 Å². The van der Waals surface area contributed by atoms with E-state index in [-0.39, 0.29) is 17.4 Å². The zero-order chi connectivity index (χ0) is 16.9. The van der Waals surface area contributed by atoms with Gasteiger partial charge in [-0.15, -0.1) is 0 Å². The smallest absolute Gasteiger partial charge is 0.243 e. The molecule has 1 fully saturated rings. The standard InChI is InChI=1S/C19H27ClN2O/c1-19(2,3)10-9-18(23)21-14-17(22-11-4-5-12-22)15-7-6-8-16(20)13-15/h6-10,13,17H,4-5,11-12,14H2,1-3H3,(H,21,23)/b10-9+. The van der Waals surface area contributed by atoms with Crippen LogP contribution in [0.2, 0.25) is 5.02 Å². The van der Waals surface area contributed by atoms with Crippen LogP contribution in [0.15, 0.2) is 36.4 Å². The lowest BCUT2D eigenvalue weighted by Gasteiger charge is -2.28. The van der Waals surface area contributed by atoms with Crippen LogP contribution in [0.5, 0.6) is 0 Å². The van der Waals surface area contributed by atoms with Gasteiger partial charge in [-0.05, 0) is 55.1 Å². The number of hydrogen-bond donors (Lipinski definition) is 1. The van der Waals surface area contributed by atoms with E-state index in [4.69, 9.17) is 11.6 Å². The Hall–Kier alpha value is -1.32. The monoisotopic (exact) mass is 334 g/mol. The number of halogens is 1. The summed E-state index contributed by atoms with van der Waals surface area (Å²) in [5.41, 5.74) is 1.18. The lowest BCUT2D eigenvalue weighted by molar-refractivity contribution is -0.116. The topological polar surface area (TPSA) is 32.3 Å². The molecule has 1 atom stereocenters. The Balaban J connectivity index is 2.04. The van der Waals surface area contributed by atoms with Crippen molar-refractivity contribution in [3.05, 3.63) is 47.0 Å². The van der Waals surface area contributed by atoms with Crippen molar-refractivity contribution in [2.45, 2.75) is 39.7 Å². The molecule has 0 aromatic heterocycles. The molecule has 1 aromatic rings. The Kier molecular flexibility index (Phi) is 6.25. The van der Waals surface area contributed by atoms with Gasteiger partial charge in [0.15, 0.2) is 0 Å². The summed E-state index contributed by atoms with van der Waals surface area (Å²) in [6.07, 6.45) is 6.01. The lowest BCUT2D eigenvalue weighted by Crippen LogP contribution is -2.36. The molecule has 2 rings (SSSR count). The molecular weight excluding hydrogens is 308 g/mol. The van der Waals surface area contributed by atoms with Crippen LogP contribution < -0.4 is 5.32 Å². The van der Waals surface area contributed by atoms with E-state index in [0.29, 0.717) is 6.54 Å². The van der Waals surface area contributed by atoms with Crippen molar-refractivity contribution < 1.29 is 4.79 Å². The predicted octanol–water partition coefficient (Wildman–Crippen LogP) is 4.20. The molecule has 1 N–H and O–H groups in total. The molecule has 1 amide bonds. The zero-order valence-corrected chi connectivity index (χ0v) is 15.1. The molecule has 0 saturated carbocycles. The van der Waals surface area contributed by atoms with Crippen molar-refractivity contribution in [1.29, 1.82) is 0 Å². The Morgan fingerprint density at radius 2 is 2.04 bits per heavy atom. The molecule has 1 aliphatic rings. The van der Waals surface area contributed by atoms with Crippen molar-refractivity contribution >= 4 is 17.5 Å². The second kappa shape index (κ2) is 7.98. The summed E-state index contributed by atoms with van der Waals surface area (Å²) >= 11 is 6.14. The fraction of sp³-hybridized carbons (Fsp3) is 0.526. The van der Waals surface area contributed by atoms with Gasteiger partial charge in [-0.3, -0.25) is 9.69 Å². The summed E-state index contributed by atoms with van der Waals surface area (Å²) in [6, 6.07) is 8.13. The number of carbonyl (C=O) groups is 1. The van der Waals surface area contributed by atoms with Gasteiger partial charge >= 0.3 is 0 Å². The maximum atomic E-state index is 12.1. The minimum absolute atomic E-state index is 0.0125. The summed E-state index contributed by atoms with van der Waals surface area (Å²) in [5.74, 6) is -0.0360. The normalized spacial score (nSPS) is 17.6. The third-order valence-electron chi connectivity index (χ3n) is 4.02. The molecule has 0 radical (unpaired) electrons. The van der Waals surface area contributed by atoms with E-state index in [0.717, 1.165) is 18.1 Å². The van der Waals surface area contributed by atoms with E-state index in [1.54, 1.807) is 6.08 Å². The van der Waals surface area contributed by atoms with Gasteiger partial charge in [0.25, 0.3) is 0 Å². The number of hydrogen-bond acceptors (Lipinski definition) is 2. The number of nitrogens with zero attached hydrogens (tertiary/aromatic N) is 1. The molecule has 0 spiro atoms. The van der Waals surface area contributed by atoms with Crippen LogP contribution in [0.4, 0.5) is 0 Å². The van der Waals surface area contributed by atoms with Crippen molar-refractivity contribution in [2.75, 3.05) is 19.6 Å². The van der Waals surface area contributed by atoms with Crippen LogP contribution in [-0.2, 0) is 4.79 Å². The highest BCUT2D eigenvalue weighted by molar-refractivity contribution is 6.30. The Labute approximate surface area is 144 Å². The Morgan fingerprint density at radius 1 is 1.35 bits per heavy atom. The molecule has 23 heavy (non-hydrogen) atoms. The summed E-state index contributed by atoms with van der Waals surface area (Å²) < 4.78 is 0. The van der Waals surface area contributed by atoms with E-state index in [2.05, 4.69) is 37.1 Å². The Bertz CT molecular complexity index is 557. The average molecular weight is 335 g/mol. The van der Waals surface area contributed by atoms with Crippen LogP contribution in [0, 0.1) is 5.41 Å². The third-order valence-corrected chi connectivity index (χ3v) is 4.25. The number of likely N-dealkylation sites (tertiary alicyclic amines) is 1. The number of allylic oxidation sites excluding steroid dienone is 1. The highest BCUT2D eigenvalue weighted by Crippen LogP contribution is 2.26. The molecule has 3 nitrogen and oxygen atoms in total. The van der Waals surface area contributed by atoms with Gasteiger partial charge in [-0.1, -0.05) is 50.6 Å². The number of amides is 1. The summed E-state index contributed by atoms with van der Waals surface area (Å²) in [5, 5.41) is 3.78. The minimum atomic E-state index is -0.0360. The van der Waals surface area contributed by atoms with Crippen LogP contribution in [0.1, 0.15) is 45.2 Å². The van der Waals surface area contributed by atoms with Crippen LogP contribution in [-0.4, -0.2) is 30.4 Å². The second-order valence-corrected chi connectivity index (χ2v) is 7.69. The van der Waals surface area contributed by atoms with Gasteiger partial charge < -0.3 is 5.32 Å². The molecular formula is C19H27ClN2O. The second-order valence-electron chi connectivity index (χ2n) is 7.26. The van der Waals surface area contributed by atoms with Crippen LogP contribution in [0.3, 0.4) is 0 Å². The minimum Gasteiger partial charge on any atom is -0.351 e. The number of benzene rings is 1. The molecule has 126 valence electrons. The number of rotatable bonds is 5. The quantitative estimate of drug-likeness (QED) is 0.819. The molecule has 0 aliphatic carbocycles. The molecule has 1 unspecified atom stereocenters. The maximum Gasteiger partial charge on any atom is 0.243 e. The van der Waals surface area contributed by atoms with Crippen molar-refractivity contribution in [3.8, 4) is 0 Å². The highest BCUT2D eigenvalue weighted by Gasteiger charge is 2.23. The average Bonchev–Trinajstić information content (AvgIpc) is 2.99. The van der Waals surface area contributed by atoms with Gasteiger partial charge in [0, 0.05) is 11.6 Å². The van der Waals surface area contributed by atoms with Gasteiger partial charge in [0.1, 0.15) is 0 Å². The lowest BCUT2D eigenvalue weighted by atomic mass is 9.96. The summed E-state index contributed by atoms with van der Waals surface area (Å²) in [7, 11) is 0. The van der Waals surface area contributed by atoms with Gasteiger partial charge in [0.05, 0.1) is 6.04 Å². The number of nitrogens with one attached hydrogen (secondary N) is 1. The van der Waals surface area contributed by atoms with Crippen molar-refractivity contribution in [3.63, 3.8) is 0 Å². The van der Waals surface area contributed by atoms with Crippen LogP contribution >= 0.6 is 11.6 Å². The number of carbonyl (C=O) groups excluding carboxylic acids is 1. The van der Waals surface area contributed by atoms with Crippen LogP contribution in [0.25, 0.3) is 0 Å². The maximum absolute atomic E-state index is 12.1. The largest absolute Gasteiger partial charge is 0.351 e. The van der Waals surface area contributed by atoms with E-state index in [1.165, 1.54) is 18.4 Å². The highest BCUT2D eigenvalue weighted by atomic mass is 35.5. The van der Waals surface area contributed by atoms with Crippen molar-refractivity contribution in [2.24, 2.45) is 5.41 Å². The molecule has 1 heterocycles. The molecule has 1 aromatic carbocycles. The summed E-state index contributed by atoms with van der Waals surface area (Å²) in [4.78, 5) is 14.5. The van der Waals surface area contributed by atoms with E-state index >= 15 is 0 Å².